The Morgan fingerprint density at radius 3 is 2.44 bits per heavy atom. The van der Waals surface area contributed by atoms with Crippen molar-refractivity contribution in [2.24, 2.45) is 0 Å². The highest BCUT2D eigenvalue weighted by Crippen LogP contribution is 2.16. The summed E-state index contributed by atoms with van der Waals surface area (Å²) in [5.41, 5.74) is 2.19. The van der Waals surface area contributed by atoms with Gasteiger partial charge in [0, 0.05) is 5.56 Å². The van der Waals surface area contributed by atoms with Gasteiger partial charge in [-0.05, 0) is 32.5 Å². The number of alkyl halides is 3. The number of likely N-dealkylation sites (N-methyl/N-ethyl adjacent to an activating group) is 1. The van der Waals surface area contributed by atoms with Crippen LogP contribution in [-0.4, -0.2) is 37.0 Å². The molecule has 0 bridgehead atoms. The van der Waals surface area contributed by atoms with E-state index in [-0.39, 0.29) is 12.3 Å². The van der Waals surface area contributed by atoms with Crippen LogP contribution in [0.5, 0.6) is 0 Å². The summed E-state index contributed by atoms with van der Waals surface area (Å²) < 4.78 is 36.4. The van der Waals surface area contributed by atoms with Crippen molar-refractivity contribution in [1.82, 2.24) is 4.90 Å². The highest BCUT2D eigenvalue weighted by molar-refractivity contribution is 5.99. The van der Waals surface area contributed by atoms with Gasteiger partial charge < -0.3 is 0 Å². The Bertz CT molecular complexity index is 440. The molecule has 0 N–H and O–H groups in total. The molecule has 0 aliphatic heterocycles. The first-order valence-electron chi connectivity index (χ1n) is 5.55. The summed E-state index contributed by atoms with van der Waals surface area (Å²) in [6, 6.07) is 5.37. The standard InChI is InChI=1S/C13H16F3NO/c1-9-4-5-10(2)11(6-9)12(18)7-17(3)8-13(14,15)16/h4-6H,7-8H2,1-3H3. The monoisotopic (exact) mass is 259 g/mol. The van der Waals surface area contributed by atoms with Crippen LogP contribution >= 0.6 is 0 Å². The number of aryl methyl sites for hydroxylation is 2. The van der Waals surface area contributed by atoms with E-state index in [4.69, 9.17) is 0 Å². The molecule has 1 aromatic carbocycles. The van der Waals surface area contributed by atoms with Crippen molar-refractivity contribution in [3.63, 3.8) is 0 Å². The maximum atomic E-state index is 12.1. The van der Waals surface area contributed by atoms with E-state index in [1.165, 1.54) is 7.05 Å². The smallest absolute Gasteiger partial charge is 0.293 e. The topological polar surface area (TPSA) is 20.3 Å². The van der Waals surface area contributed by atoms with E-state index < -0.39 is 12.7 Å². The van der Waals surface area contributed by atoms with Crippen LogP contribution in [0.3, 0.4) is 0 Å². The van der Waals surface area contributed by atoms with E-state index in [1.54, 1.807) is 19.1 Å². The van der Waals surface area contributed by atoms with Crippen molar-refractivity contribution in [1.29, 1.82) is 0 Å². The zero-order valence-electron chi connectivity index (χ0n) is 10.6. The number of nitrogens with zero attached hydrogens (tertiary/aromatic N) is 1. The molecule has 1 rings (SSSR count). The van der Waals surface area contributed by atoms with Crippen molar-refractivity contribution in [2.45, 2.75) is 20.0 Å². The number of ketones is 1. The Kier molecular flexibility index (Phi) is 4.51. The highest BCUT2D eigenvalue weighted by atomic mass is 19.4. The minimum Gasteiger partial charge on any atom is -0.293 e. The Morgan fingerprint density at radius 2 is 1.89 bits per heavy atom. The molecule has 0 saturated carbocycles. The molecule has 0 saturated heterocycles. The second-order valence-electron chi connectivity index (χ2n) is 4.53. The molecule has 1 aromatic rings. The van der Waals surface area contributed by atoms with Gasteiger partial charge in [0.2, 0.25) is 0 Å². The largest absolute Gasteiger partial charge is 0.401 e. The lowest BCUT2D eigenvalue weighted by atomic mass is 10.0. The quantitative estimate of drug-likeness (QED) is 0.775. The molecule has 0 aliphatic rings. The average Bonchev–Trinajstić information content (AvgIpc) is 2.18. The molecule has 0 spiro atoms. The molecular formula is C13H16F3NO. The Morgan fingerprint density at radius 1 is 1.28 bits per heavy atom. The van der Waals surface area contributed by atoms with Crippen LogP contribution in [0.25, 0.3) is 0 Å². The number of hydrogen-bond donors (Lipinski definition) is 0. The van der Waals surface area contributed by atoms with Gasteiger partial charge in [-0.3, -0.25) is 9.69 Å². The SMILES string of the molecule is Cc1ccc(C)c(C(=O)CN(C)CC(F)(F)F)c1. The fourth-order valence-electron chi connectivity index (χ4n) is 1.73. The van der Waals surface area contributed by atoms with Gasteiger partial charge in [0.05, 0.1) is 13.1 Å². The van der Waals surface area contributed by atoms with Crippen LogP contribution < -0.4 is 0 Å². The highest BCUT2D eigenvalue weighted by Gasteiger charge is 2.29. The lowest BCUT2D eigenvalue weighted by molar-refractivity contribution is -0.141. The second-order valence-corrected chi connectivity index (χ2v) is 4.53. The van der Waals surface area contributed by atoms with E-state index in [1.807, 2.05) is 13.0 Å². The summed E-state index contributed by atoms with van der Waals surface area (Å²) >= 11 is 0. The molecule has 2 nitrogen and oxygen atoms in total. The number of rotatable bonds is 4. The van der Waals surface area contributed by atoms with E-state index in [0.717, 1.165) is 16.0 Å². The van der Waals surface area contributed by atoms with Crippen molar-refractivity contribution >= 4 is 5.78 Å². The first-order valence-corrected chi connectivity index (χ1v) is 5.55. The summed E-state index contributed by atoms with van der Waals surface area (Å²) in [5, 5.41) is 0. The van der Waals surface area contributed by atoms with E-state index >= 15 is 0 Å². The maximum absolute atomic E-state index is 12.1. The summed E-state index contributed by atoms with van der Waals surface area (Å²) in [6.07, 6.45) is -4.28. The first kappa shape index (κ1) is 14.7. The minimum absolute atomic E-state index is 0.232. The van der Waals surface area contributed by atoms with Gasteiger partial charge in [-0.1, -0.05) is 17.7 Å². The third kappa shape index (κ3) is 4.49. The van der Waals surface area contributed by atoms with E-state index in [2.05, 4.69) is 0 Å². The number of Topliss-reactive ketones (excluding diaryl/α,β-unsaturated/α-hetero) is 1. The fraction of sp³-hybridized carbons (Fsp3) is 0.462. The first-order chi connectivity index (χ1) is 8.19. The van der Waals surface area contributed by atoms with Gasteiger partial charge in [-0.15, -0.1) is 0 Å². The van der Waals surface area contributed by atoms with E-state index in [0.29, 0.717) is 5.56 Å². The van der Waals surface area contributed by atoms with Crippen molar-refractivity contribution in [3.05, 3.63) is 34.9 Å². The van der Waals surface area contributed by atoms with Gasteiger partial charge in [0.25, 0.3) is 0 Å². The minimum atomic E-state index is -4.28. The molecule has 0 aromatic heterocycles. The molecule has 0 aliphatic carbocycles. The normalized spacial score (nSPS) is 11.9. The predicted molar refractivity (Wildman–Crippen MR) is 63.8 cm³/mol. The van der Waals surface area contributed by atoms with Crippen LogP contribution in [0.1, 0.15) is 21.5 Å². The number of carbonyl (C=O) groups excluding carboxylic acids is 1. The summed E-state index contributed by atoms with van der Waals surface area (Å²) in [6.45, 7) is 2.31. The molecule has 0 radical (unpaired) electrons. The molecule has 100 valence electrons. The molecule has 0 fully saturated rings. The third-order valence-corrected chi connectivity index (χ3v) is 2.56. The molecule has 0 amide bonds. The number of benzene rings is 1. The van der Waals surface area contributed by atoms with Crippen LogP contribution in [-0.2, 0) is 0 Å². The number of carbonyl (C=O) groups is 1. The summed E-state index contributed by atoms with van der Waals surface area (Å²) in [7, 11) is 1.29. The van der Waals surface area contributed by atoms with Crippen LogP contribution in [0.2, 0.25) is 0 Å². The second kappa shape index (κ2) is 5.52. The fourth-order valence-corrected chi connectivity index (χ4v) is 1.73. The molecule has 0 atom stereocenters. The Balaban J connectivity index is 2.74. The van der Waals surface area contributed by atoms with Gasteiger partial charge in [-0.2, -0.15) is 13.2 Å². The molecule has 0 unspecified atom stereocenters. The average molecular weight is 259 g/mol. The van der Waals surface area contributed by atoms with Gasteiger partial charge in [0.15, 0.2) is 5.78 Å². The van der Waals surface area contributed by atoms with Gasteiger partial charge in [0.1, 0.15) is 0 Å². The van der Waals surface area contributed by atoms with Crippen molar-refractivity contribution < 1.29 is 18.0 Å². The Labute approximate surface area is 104 Å². The molecular weight excluding hydrogens is 243 g/mol. The van der Waals surface area contributed by atoms with Crippen molar-refractivity contribution in [3.8, 4) is 0 Å². The maximum Gasteiger partial charge on any atom is 0.401 e. The van der Waals surface area contributed by atoms with Gasteiger partial charge >= 0.3 is 6.18 Å². The predicted octanol–water partition coefficient (Wildman–Crippen LogP) is 2.98. The molecule has 18 heavy (non-hydrogen) atoms. The third-order valence-electron chi connectivity index (χ3n) is 2.56. The molecule has 0 heterocycles. The zero-order valence-corrected chi connectivity index (χ0v) is 10.6. The van der Waals surface area contributed by atoms with Crippen LogP contribution in [0.15, 0.2) is 18.2 Å². The molecule has 5 heteroatoms. The zero-order chi connectivity index (χ0) is 13.9. The lowest BCUT2D eigenvalue weighted by Crippen LogP contribution is -2.35. The number of halogens is 3. The van der Waals surface area contributed by atoms with Crippen LogP contribution in [0.4, 0.5) is 13.2 Å². The van der Waals surface area contributed by atoms with Gasteiger partial charge in [-0.25, -0.2) is 0 Å². The summed E-state index contributed by atoms with van der Waals surface area (Å²) in [4.78, 5) is 12.9. The lowest BCUT2D eigenvalue weighted by Gasteiger charge is -2.18. The summed E-state index contributed by atoms with van der Waals surface area (Å²) in [5.74, 6) is -0.289. The van der Waals surface area contributed by atoms with Crippen molar-refractivity contribution in [2.75, 3.05) is 20.1 Å². The Hall–Kier alpha value is -1.36. The van der Waals surface area contributed by atoms with E-state index in [9.17, 15) is 18.0 Å². The number of hydrogen-bond acceptors (Lipinski definition) is 2. The van der Waals surface area contributed by atoms with Crippen LogP contribution in [0, 0.1) is 13.8 Å².